The molecule has 3 aromatic rings. The van der Waals surface area contributed by atoms with Gasteiger partial charge in [-0.3, -0.25) is 5.10 Å². The molecule has 0 fully saturated rings. The van der Waals surface area contributed by atoms with Crippen molar-refractivity contribution in [2.45, 2.75) is 6.92 Å². The van der Waals surface area contributed by atoms with Gasteiger partial charge in [-0.05, 0) is 12.5 Å². The van der Waals surface area contributed by atoms with Gasteiger partial charge in [0.1, 0.15) is 11.5 Å². The Morgan fingerprint density at radius 1 is 0.947 bits per heavy atom. The maximum atomic E-state index is 6.04. The first-order valence-electron chi connectivity index (χ1n) is 6.22. The number of hydrogen-bond acceptors (Lipinski definition) is 2. The van der Waals surface area contributed by atoms with E-state index in [-0.39, 0.29) is 0 Å². The molecule has 0 unspecified atom stereocenters. The zero-order valence-corrected chi connectivity index (χ0v) is 10.7. The summed E-state index contributed by atoms with van der Waals surface area (Å²) in [6.07, 6.45) is 0. The first-order chi connectivity index (χ1) is 9.25. The lowest BCUT2D eigenvalue weighted by Crippen LogP contribution is -1.89. The molecule has 0 atom stereocenters. The number of nitrogens with two attached hydrogens (primary N) is 1. The predicted molar refractivity (Wildman–Crippen MR) is 78.6 cm³/mol. The number of H-pyrrole nitrogens is 1. The minimum absolute atomic E-state index is 0.601. The van der Waals surface area contributed by atoms with Gasteiger partial charge in [0, 0.05) is 5.56 Å². The van der Waals surface area contributed by atoms with Crippen LogP contribution in [0.3, 0.4) is 0 Å². The molecule has 0 aliphatic heterocycles. The third kappa shape index (κ3) is 2.10. The van der Waals surface area contributed by atoms with Crippen LogP contribution in [0, 0.1) is 6.92 Å². The van der Waals surface area contributed by atoms with E-state index in [0.29, 0.717) is 5.82 Å². The summed E-state index contributed by atoms with van der Waals surface area (Å²) in [6, 6.07) is 18.3. The number of aryl methyl sites for hydroxylation is 1. The molecule has 0 spiro atoms. The van der Waals surface area contributed by atoms with E-state index in [1.54, 1.807) is 0 Å². The molecule has 3 nitrogen and oxygen atoms in total. The van der Waals surface area contributed by atoms with Crippen LogP contribution in [-0.2, 0) is 0 Å². The summed E-state index contributed by atoms with van der Waals surface area (Å²) in [5, 5.41) is 7.22. The van der Waals surface area contributed by atoms with Crippen molar-refractivity contribution in [3.05, 3.63) is 60.2 Å². The highest BCUT2D eigenvalue weighted by Crippen LogP contribution is 2.34. The highest BCUT2D eigenvalue weighted by atomic mass is 15.2. The molecule has 0 saturated heterocycles. The fourth-order valence-corrected chi connectivity index (χ4v) is 2.25. The lowest BCUT2D eigenvalue weighted by Gasteiger charge is -2.05. The summed E-state index contributed by atoms with van der Waals surface area (Å²) >= 11 is 0. The molecule has 0 bridgehead atoms. The van der Waals surface area contributed by atoms with Crippen LogP contribution in [0.25, 0.3) is 22.4 Å². The SMILES string of the molecule is Cc1cccc(-c2c(-c3ccccc3)n[nH]c2N)c1. The molecule has 2 aromatic carbocycles. The monoisotopic (exact) mass is 249 g/mol. The van der Waals surface area contributed by atoms with Crippen LogP contribution in [0.15, 0.2) is 54.6 Å². The van der Waals surface area contributed by atoms with Gasteiger partial charge in [0.2, 0.25) is 0 Å². The normalized spacial score (nSPS) is 10.6. The predicted octanol–water partition coefficient (Wildman–Crippen LogP) is 3.63. The van der Waals surface area contributed by atoms with Gasteiger partial charge in [-0.15, -0.1) is 0 Å². The van der Waals surface area contributed by atoms with Crippen LogP contribution in [0.2, 0.25) is 0 Å². The molecule has 0 saturated carbocycles. The van der Waals surface area contributed by atoms with E-state index in [1.165, 1.54) is 5.56 Å². The number of aromatic amines is 1. The molecule has 0 radical (unpaired) electrons. The van der Waals surface area contributed by atoms with Crippen molar-refractivity contribution < 1.29 is 0 Å². The van der Waals surface area contributed by atoms with Crippen molar-refractivity contribution in [3.8, 4) is 22.4 Å². The van der Waals surface area contributed by atoms with Crippen molar-refractivity contribution in [2.24, 2.45) is 0 Å². The van der Waals surface area contributed by atoms with E-state index in [9.17, 15) is 0 Å². The summed E-state index contributed by atoms with van der Waals surface area (Å²) in [7, 11) is 0. The zero-order chi connectivity index (χ0) is 13.2. The maximum Gasteiger partial charge on any atom is 0.127 e. The quantitative estimate of drug-likeness (QED) is 0.728. The van der Waals surface area contributed by atoms with Crippen molar-refractivity contribution >= 4 is 5.82 Å². The number of anilines is 1. The fraction of sp³-hybridized carbons (Fsp3) is 0.0625. The average Bonchev–Trinajstić information content (AvgIpc) is 2.82. The van der Waals surface area contributed by atoms with Gasteiger partial charge in [0.05, 0.1) is 5.56 Å². The Balaban J connectivity index is 2.20. The Kier molecular flexibility index (Phi) is 2.80. The van der Waals surface area contributed by atoms with Crippen LogP contribution in [-0.4, -0.2) is 10.2 Å². The first-order valence-corrected chi connectivity index (χ1v) is 6.22. The Morgan fingerprint density at radius 3 is 2.42 bits per heavy atom. The number of rotatable bonds is 2. The summed E-state index contributed by atoms with van der Waals surface area (Å²) in [6.45, 7) is 2.07. The molecular weight excluding hydrogens is 234 g/mol. The molecule has 3 heteroatoms. The van der Waals surface area contributed by atoms with Gasteiger partial charge >= 0.3 is 0 Å². The third-order valence-electron chi connectivity index (χ3n) is 3.15. The molecule has 94 valence electrons. The smallest absolute Gasteiger partial charge is 0.127 e. The number of hydrogen-bond donors (Lipinski definition) is 2. The molecule has 1 aromatic heterocycles. The Hall–Kier alpha value is -2.55. The Bertz CT molecular complexity index is 699. The van der Waals surface area contributed by atoms with Crippen LogP contribution >= 0.6 is 0 Å². The van der Waals surface area contributed by atoms with E-state index in [1.807, 2.05) is 36.4 Å². The summed E-state index contributed by atoms with van der Waals surface area (Å²) < 4.78 is 0. The van der Waals surface area contributed by atoms with E-state index < -0.39 is 0 Å². The van der Waals surface area contributed by atoms with Crippen LogP contribution in [0.5, 0.6) is 0 Å². The molecular formula is C16H15N3. The van der Waals surface area contributed by atoms with Crippen molar-refractivity contribution in [1.82, 2.24) is 10.2 Å². The third-order valence-corrected chi connectivity index (χ3v) is 3.15. The topological polar surface area (TPSA) is 54.7 Å². The number of nitrogens with zero attached hydrogens (tertiary/aromatic N) is 1. The summed E-state index contributed by atoms with van der Waals surface area (Å²) in [5.41, 5.74) is 11.3. The first kappa shape index (κ1) is 11.5. The highest BCUT2D eigenvalue weighted by molar-refractivity contribution is 5.87. The van der Waals surface area contributed by atoms with Crippen molar-refractivity contribution in [3.63, 3.8) is 0 Å². The number of nitrogen functional groups attached to an aromatic ring is 1. The minimum Gasteiger partial charge on any atom is -0.384 e. The van der Waals surface area contributed by atoms with Gasteiger partial charge in [-0.25, -0.2) is 0 Å². The molecule has 3 rings (SSSR count). The Labute approximate surface area is 112 Å². The van der Waals surface area contributed by atoms with Gasteiger partial charge in [-0.2, -0.15) is 5.10 Å². The van der Waals surface area contributed by atoms with Crippen LogP contribution in [0.1, 0.15) is 5.56 Å². The second-order valence-corrected chi connectivity index (χ2v) is 4.60. The van der Waals surface area contributed by atoms with Gasteiger partial charge in [0.15, 0.2) is 0 Å². The highest BCUT2D eigenvalue weighted by Gasteiger charge is 2.14. The van der Waals surface area contributed by atoms with Gasteiger partial charge < -0.3 is 5.73 Å². The molecule has 0 aliphatic carbocycles. The minimum atomic E-state index is 0.601. The molecule has 0 amide bonds. The number of aromatic nitrogens is 2. The number of nitrogens with one attached hydrogen (secondary N) is 1. The molecule has 0 aliphatic rings. The summed E-state index contributed by atoms with van der Waals surface area (Å²) in [5.74, 6) is 0.601. The molecule has 1 heterocycles. The molecule has 19 heavy (non-hydrogen) atoms. The van der Waals surface area contributed by atoms with Crippen molar-refractivity contribution in [2.75, 3.05) is 5.73 Å². The maximum absolute atomic E-state index is 6.04. The standard InChI is InChI=1S/C16H15N3/c1-11-6-5-9-13(10-11)14-15(18-19-16(14)17)12-7-3-2-4-8-12/h2-10H,1H3,(H3,17,18,19). The average molecular weight is 249 g/mol. The van der Waals surface area contributed by atoms with Crippen LogP contribution < -0.4 is 5.73 Å². The fourth-order valence-electron chi connectivity index (χ4n) is 2.25. The van der Waals surface area contributed by atoms with Crippen LogP contribution in [0.4, 0.5) is 5.82 Å². The van der Waals surface area contributed by atoms with Gasteiger partial charge in [0.25, 0.3) is 0 Å². The number of benzene rings is 2. The van der Waals surface area contributed by atoms with E-state index >= 15 is 0 Å². The van der Waals surface area contributed by atoms with Crippen molar-refractivity contribution in [1.29, 1.82) is 0 Å². The Morgan fingerprint density at radius 2 is 1.68 bits per heavy atom. The second kappa shape index (κ2) is 4.61. The molecule has 3 N–H and O–H groups in total. The second-order valence-electron chi connectivity index (χ2n) is 4.60. The van der Waals surface area contributed by atoms with E-state index in [0.717, 1.165) is 22.4 Å². The zero-order valence-electron chi connectivity index (χ0n) is 10.7. The van der Waals surface area contributed by atoms with E-state index in [4.69, 9.17) is 5.73 Å². The largest absolute Gasteiger partial charge is 0.384 e. The summed E-state index contributed by atoms with van der Waals surface area (Å²) in [4.78, 5) is 0. The van der Waals surface area contributed by atoms with E-state index in [2.05, 4.69) is 35.3 Å². The van der Waals surface area contributed by atoms with Gasteiger partial charge in [-0.1, -0.05) is 60.2 Å². The lowest BCUT2D eigenvalue weighted by molar-refractivity contribution is 1.10. The lowest BCUT2D eigenvalue weighted by atomic mass is 9.99.